The molecule has 7 nitrogen and oxygen atoms in total. The van der Waals surface area contributed by atoms with Crippen LogP contribution >= 0.6 is 0 Å². The number of hydrogen-bond acceptors (Lipinski definition) is 5. The van der Waals surface area contributed by atoms with E-state index in [2.05, 4.69) is 20.8 Å². The predicted octanol–water partition coefficient (Wildman–Crippen LogP) is 2.74. The molecular weight excluding hydrogens is 320 g/mol. The Balaban J connectivity index is 1.41. The third-order valence-electron chi connectivity index (χ3n) is 4.23. The Morgan fingerprint density at radius 3 is 2.64 bits per heavy atom. The number of nitrogens with zero attached hydrogens (tertiary/aromatic N) is 2. The second kappa shape index (κ2) is 6.01. The monoisotopic (exact) mass is 336 g/mol. The summed E-state index contributed by atoms with van der Waals surface area (Å²) in [7, 11) is 0. The Morgan fingerprint density at radius 1 is 1.12 bits per heavy atom. The molecule has 0 saturated heterocycles. The molecule has 126 valence electrons. The van der Waals surface area contributed by atoms with Gasteiger partial charge in [-0.2, -0.15) is 0 Å². The number of aryl methyl sites for hydroxylation is 1. The van der Waals surface area contributed by atoms with Crippen molar-refractivity contribution in [3.63, 3.8) is 0 Å². The summed E-state index contributed by atoms with van der Waals surface area (Å²) >= 11 is 0. The van der Waals surface area contributed by atoms with Crippen LogP contribution in [0.1, 0.15) is 12.2 Å². The smallest absolute Gasteiger partial charge is 0.229 e. The van der Waals surface area contributed by atoms with Crippen molar-refractivity contribution >= 4 is 34.2 Å². The lowest BCUT2D eigenvalue weighted by Crippen LogP contribution is -2.20. The first kappa shape index (κ1) is 15.3. The Labute approximate surface area is 143 Å². The van der Waals surface area contributed by atoms with Gasteiger partial charge in [-0.3, -0.25) is 14.6 Å². The number of aromatic nitrogens is 2. The summed E-state index contributed by atoms with van der Waals surface area (Å²) in [6, 6.07) is 11.0. The second-order valence-electron chi connectivity index (χ2n) is 6.13. The molecule has 1 fully saturated rings. The molecule has 1 aliphatic carbocycles. The number of benzene rings is 1. The number of anilines is 2. The number of pyridine rings is 1. The fourth-order valence-corrected chi connectivity index (χ4v) is 2.85. The number of hydrogen-bond donors (Lipinski definition) is 2. The van der Waals surface area contributed by atoms with E-state index < -0.39 is 0 Å². The van der Waals surface area contributed by atoms with Crippen LogP contribution in [0, 0.1) is 18.8 Å². The van der Waals surface area contributed by atoms with Crippen molar-refractivity contribution < 1.29 is 14.1 Å². The summed E-state index contributed by atoms with van der Waals surface area (Å²) in [6.07, 6.45) is 2.21. The lowest BCUT2D eigenvalue weighted by Gasteiger charge is -2.07. The first-order valence-electron chi connectivity index (χ1n) is 8.00. The van der Waals surface area contributed by atoms with Crippen LogP contribution in [-0.2, 0) is 9.59 Å². The van der Waals surface area contributed by atoms with Gasteiger partial charge in [0.05, 0.1) is 23.0 Å². The molecule has 2 unspecified atom stereocenters. The molecule has 2 heterocycles. The maximum absolute atomic E-state index is 12.4. The van der Waals surface area contributed by atoms with E-state index in [-0.39, 0.29) is 23.7 Å². The average molecular weight is 336 g/mol. The van der Waals surface area contributed by atoms with Crippen LogP contribution in [0.15, 0.2) is 47.1 Å². The van der Waals surface area contributed by atoms with Gasteiger partial charge in [0.15, 0.2) is 5.82 Å². The van der Waals surface area contributed by atoms with Crippen molar-refractivity contribution in [3.8, 4) is 0 Å². The summed E-state index contributed by atoms with van der Waals surface area (Å²) in [5.74, 6) is -0.0957. The van der Waals surface area contributed by atoms with E-state index >= 15 is 0 Å². The van der Waals surface area contributed by atoms with Gasteiger partial charge in [-0.15, -0.1) is 0 Å². The molecule has 0 radical (unpaired) electrons. The van der Waals surface area contributed by atoms with E-state index in [1.165, 1.54) is 0 Å². The maximum atomic E-state index is 12.4. The molecule has 2 N–H and O–H groups in total. The van der Waals surface area contributed by atoms with E-state index in [1.54, 1.807) is 19.2 Å². The van der Waals surface area contributed by atoms with E-state index in [0.717, 1.165) is 10.9 Å². The fraction of sp³-hybridized carbons (Fsp3) is 0.222. The van der Waals surface area contributed by atoms with Crippen LogP contribution in [0.5, 0.6) is 0 Å². The summed E-state index contributed by atoms with van der Waals surface area (Å²) in [4.78, 5) is 28.9. The minimum atomic E-state index is -0.347. The highest BCUT2D eigenvalue weighted by Crippen LogP contribution is 2.40. The quantitative estimate of drug-likeness (QED) is 0.763. The number of fused-ring (bicyclic) bond motifs is 1. The van der Waals surface area contributed by atoms with Crippen molar-refractivity contribution in [2.24, 2.45) is 11.8 Å². The van der Waals surface area contributed by atoms with Crippen LogP contribution in [0.4, 0.5) is 11.5 Å². The molecular formula is C18H16N4O3. The zero-order chi connectivity index (χ0) is 17.4. The van der Waals surface area contributed by atoms with Gasteiger partial charge in [0.2, 0.25) is 11.8 Å². The maximum Gasteiger partial charge on any atom is 0.229 e. The normalized spacial score (nSPS) is 18.8. The summed E-state index contributed by atoms with van der Waals surface area (Å²) < 4.78 is 4.91. The van der Waals surface area contributed by atoms with Crippen molar-refractivity contribution in [2.45, 2.75) is 13.3 Å². The molecule has 25 heavy (non-hydrogen) atoms. The second-order valence-corrected chi connectivity index (χ2v) is 6.13. The molecule has 1 aromatic carbocycles. The van der Waals surface area contributed by atoms with Crippen molar-refractivity contribution in [1.82, 2.24) is 10.1 Å². The van der Waals surface area contributed by atoms with Gasteiger partial charge in [-0.05, 0) is 25.5 Å². The summed E-state index contributed by atoms with van der Waals surface area (Å²) in [5, 5.41) is 10.2. The van der Waals surface area contributed by atoms with Crippen LogP contribution in [-0.4, -0.2) is 22.0 Å². The molecule has 0 spiro atoms. The number of carbonyl (C=O) groups is 2. The predicted molar refractivity (Wildman–Crippen MR) is 91.8 cm³/mol. The summed E-state index contributed by atoms with van der Waals surface area (Å²) in [5.41, 5.74) is 1.39. The molecule has 1 aliphatic rings. The first-order chi connectivity index (χ1) is 12.1. The van der Waals surface area contributed by atoms with E-state index in [9.17, 15) is 9.59 Å². The van der Waals surface area contributed by atoms with Gasteiger partial charge in [-0.1, -0.05) is 23.4 Å². The number of amides is 2. The minimum absolute atomic E-state index is 0.172. The lowest BCUT2D eigenvalue weighted by molar-refractivity contribution is -0.122. The Bertz CT molecular complexity index is 960. The van der Waals surface area contributed by atoms with E-state index in [0.29, 0.717) is 23.7 Å². The molecule has 2 atom stereocenters. The van der Waals surface area contributed by atoms with Crippen LogP contribution in [0.25, 0.3) is 10.9 Å². The van der Waals surface area contributed by atoms with E-state index in [4.69, 9.17) is 4.52 Å². The van der Waals surface area contributed by atoms with Crippen molar-refractivity contribution in [2.75, 3.05) is 10.6 Å². The number of nitrogens with one attached hydrogen (secondary N) is 2. The number of para-hydroxylation sites is 1. The Morgan fingerprint density at radius 2 is 1.88 bits per heavy atom. The largest absolute Gasteiger partial charge is 0.360 e. The molecule has 3 aromatic rings. The molecule has 1 saturated carbocycles. The van der Waals surface area contributed by atoms with Crippen molar-refractivity contribution in [1.29, 1.82) is 0 Å². The number of rotatable bonds is 4. The lowest BCUT2D eigenvalue weighted by atomic mass is 10.2. The van der Waals surface area contributed by atoms with Gasteiger partial charge in [0.1, 0.15) is 5.76 Å². The molecule has 4 rings (SSSR count). The van der Waals surface area contributed by atoms with Crippen LogP contribution in [0.2, 0.25) is 0 Å². The van der Waals surface area contributed by atoms with Gasteiger partial charge >= 0.3 is 0 Å². The molecule has 0 bridgehead atoms. The average Bonchev–Trinajstić information content (AvgIpc) is 3.32. The SMILES string of the molecule is Cc1cc(NC(=O)C2CC2C(=O)Nc2cccc3cccnc23)no1. The first-order valence-corrected chi connectivity index (χ1v) is 8.00. The minimum Gasteiger partial charge on any atom is -0.360 e. The Hall–Kier alpha value is -3.22. The molecule has 2 amide bonds. The van der Waals surface area contributed by atoms with Crippen molar-refractivity contribution in [3.05, 3.63) is 48.4 Å². The third kappa shape index (κ3) is 3.08. The standard InChI is InChI=1S/C18H16N4O3/c1-10-8-15(22-25-10)21-18(24)13-9-12(13)17(23)20-14-6-2-4-11-5-3-7-19-16(11)14/h2-8,12-13H,9H2,1H3,(H,20,23)(H,21,22,24). The van der Waals surface area contributed by atoms with Gasteiger partial charge < -0.3 is 15.2 Å². The van der Waals surface area contributed by atoms with Gasteiger partial charge in [-0.25, -0.2) is 0 Å². The molecule has 2 aromatic heterocycles. The van der Waals surface area contributed by atoms with Crippen LogP contribution in [0.3, 0.4) is 0 Å². The zero-order valence-corrected chi connectivity index (χ0v) is 13.5. The van der Waals surface area contributed by atoms with Gasteiger partial charge in [0.25, 0.3) is 0 Å². The fourth-order valence-electron chi connectivity index (χ4n) is 2.85. The van der Waals surface area contributed by atoms with E-state index in [1.807, 2.05) is 30.3 Å². The molecule has 0 aliphatic heterocycles. The molecule has 7 heteroatoms. The highest BCUT2D eigenvalue weighted by molar-refractivity contribution is 6.06. The summed E-state index contributed by atoms with van der Waals surface area (Å²) in [6.45, 7) is 1.74. The van der Waals surface area contributed by atoms with Gasteiger partial charge in [0, 0.05) is 17.6 Å². The Kier molecular flexibility index (Phi) is 3.68. The topological polar surface area (TPSA) is 97.1 Å². The highest BCUT2D eigenvalue weighted by Gasteiger charge is 2.48. The third-order valence-corrected chi connectivity index (χ3v) is 4.23. The van der Waals surface area contributed by atoms with Crippen LogP contribution < -0.4 is 10.6 Å². The highest BCUT2D eigenvalue weighted by atomic mass is 16.5. The zero-order valence-electron chi connectivity index (χ0n) is 13.5. The number of carbonyl (C=O) groups excluding carboxylic acids is 2.